The van der Waals surface area contributed by atoms with Crippen molar-refractivity contribution in [3.8, 4) is 0 Å². The molecular weight excluding hydrogens is 288 g/mol. The van der Waals surface area contributed by atoms with E-state index in [-0.39, 0.29) is 6.42 Å². The molecule has 0 aliphatic carbocycles. The molecule has 0 fully saturated rings. The Hall–Kier alpha value is -1.56. The number of benzene rings is 1. The fraction of sp³-hybridized carbons (Fsp3) is 0.273. The van der Waals surface area contributed by atoms with E-state index in [1.54, 1.807) is 18.2 Å². The van der Waals surface area contributed by atoms with Crippen LogP contribution in [0.3, 0.4) is 0 Å². The molecule has 0 aliphatic rings. The fourth-order valence-corrected chi connectivity index (χ4v) is 1.95. The van der Waals surface area contributed by atoms with Gasteiger partial charge in [-0.25, -0.2) is 0 Å². The van der Waals surface area contributed by atoms with Gasteiger partial charge in [0, 0.05) is 23.1 Å². The Morgan fingerprint density at radius 1 is 1.41 bits per heavy atom. The Balaban J connectivity index is 2.67. The first kappa shape index (κ1) is 13.5. The number of rotatable bonds is 6. The van der Waals surface area contributed by atoms with Crippen molar-refractivity contribution in [3.05, 3.63) is 28.2 Å². The summed E-state index contributed by atoms with van der Waals surface area (Å²) in [6.07, 6.45) is 0.576. The molecule has 0 heterocycles. The Labute approximate surface area is 107 Å². The SMILES string of the molecule is NC(=O)c1c(Br)cccc1NCCCC(=O)O. The number of aliphatic carboxylic acids is 1. The molecule has 1 rings (SSSR count). The van der Waals surface area contributed by atoms with E-state index in [0.717, 1.165) is 0 Å². The van der Waals surface area contributed by atoms with E-state index in [4.69, 9.17) is 10.8 Å². The molecule has 0 saturated heterocycles. The zero-order valence-electron chi connectivity index (χ0n) is 9.07. The van der Waals surface area contributed by atoms with Crippen molar-refractivity contribution in [1.82, 2.24) is 0 Å². The summed E-state index contributed by atoms with van der Waals surface area (Å²) in [5.74, 6) is -1.37. The van der Waals surface area contributed by atoms with Crippen LogP contribution >= 0.6 is 15.9 Å². The molecule has 0 unspecified atom stereocenters. The lowest BCUT2D eigenvalue weighted by atomic mass is 10.1. The van der Waals surface area contributed by atoms with Gasteiger partial charge in [-0.2, -0.15) is 0 Å². The van der Waals surface area contributed by atoms with Crippen molar-refractivity contribution in [2.45, 2.75) is 12.8 Å². The third-order valence-corrected chi connectivity index (χ3v) is 2.80. The van der Waals surface area contributed by atoms with Crippen LogP contribution in [0.5, 0.6) is 0 Å². The lowest BCUT2D eigenvalue weighted by molar-refractivity contribution is -0.137. The van der Waals surface area contributed by atoms with Gasteiger partial charge in [-0.1, -0.05) is 6.07 Å². The van der Waals surface area contributed by atoms with E-state index in [2.05, 4.69) is 21.2 Å². The molecule has 0 spiro atoms. The number of hydrogen-bond donors (Lipinski definition) is 3. The first-order valence-corrected chi connectivity index (χ1v) is 5.85. The van der Waals surface area contributed by atoms with Gasteiger partial charge in [-0.15, -0.1) is 0 Å². The number of carboxylic acids is 1. The first-order valence-electron chi connectivity index (χ1n) is 5.06. The van der Waals surface area contributed by atoms with Gasteiger partial charge in [0.15, 0.2) is 0 Å². The van der Waals surface area contributed by atoms with Gasteiger partial charge < -0.3 is 16.2 Å². The molecule has 0 radical (unpaired) electrons. The van der Waals surface area contributed by atoms with E-state index in [0.29, 0.717) is 28.7 Å². The predicted octanol–water partition coefficient (Wildman–Crippen LogP) is 1.82. The molecule has 0 saturated carbocycles. The summed E-state index contributed by atoms with van der Waals surface area (Å²) < 4.78 is 0.619. The van der Waals surface area contributed by atoms with Crippen molar-refractivity contribution in [2.24, 2.45) is 5.73 Å². The van der Waals surface area contributed by atoms with Crippen molar-refractivity contribution < 1.29 is 14.7 Å². The normalized spacial score (nSPS) is 9.94. The minimum atomic E-state index is -0.837. The predicted molar refractivity (Wildman–Crippen MR) is 68.0 cm³/mol. The van der Waals surface area contributed by atoms with Crippen LogP contribution < -0.4 is 11.1 Å². The fourth-order valence-electron chi connectivity index (χ4n) is 1.38. The van der Waals surface area contributed by atoms with Crippen LogP contribution in [-0.2, 0) is 4.79 Å². The van der Waals surface area contributed by atoms with Crippen LogP contribution in [0, 0.1) is 0 Å². The van der Waals surface area contributed by atoms with Crippen molar-refractivity contribution >= 4 is 33.5 Å². The summed E-state index contributed by atoms with van der Waals surface area (Å²) >= 11 is 3.24. The van der Waals surface area contributed by atoms with E-state index in [1.807, 2.05) is 0 Å². The number of nitrogens with two attached hydrogens (primary N) is 1. The number of carboxylic acid groups (broad SMARTS) is 1. The number of carbonyl (C=O) groups excluding carboxylic acids is 1. The van der Waals surface area contributed by atoms with Gasteiger partial charge in [0.1, 0.15) is 0 Å². The summed E-state index contributed by atoms with van der Waals surface area (Å²) in [5.41, 5.74) is 6.25. The van der Waals surface area contributed by atoms with E-state index in [1.165, 1.54) is 0 Å². The maximum absolute atomic E-state index is 11.2. The van der Waals surface area contributed by atoms with Crippen molar-refractivity contribution in [2.75, 3.05) is 11.9 Å². The van der Waals surface area contributed by atoms with Crippen LogP contribution in [-0.4, -0.2) is 23.5 Å². The zero-order chi connectivity index (χ0) is 12.8. The molecule has 0 aromatic heterocycles. The molecule has 1 aromatic rings. The summed E-state index contributed by atoms with van der Waals surface area (Å²) in [6.45, 7) is 0.475. The third-order valence-electron chi connectivity index (χ3n) is 2.14. The minimum absolute atomic E-state index is 0.0902. The number of amides is 1. The van der Waals surface area contributed by atoms with Crippen LogP contribution in [0.2, 0.25) is 0 Å². The molecule has 0 bridgehead atoms. The molecular formula is C11H13BrN2O3. The van der Waals surface area contributed by atoms with Gasteiger partial charge in [-0.05, 0) is 34.5 Å². The highest BCUT2D eigenvalue weighted by Crippen LogP contribution is 2.24. The van der Waals surface area contributed by atoms with Crippen LogP contribution in [0.4, 0.5) is 5.69 Å². The highest BCUT2D eigenvalue weighted by molar-refractivity contribution is 9.10. The summed E-state index contributed by atoms with van der Waals surface area (Å²) in [4.78, 5) is 21.6. The average Bonchev–Trinajstić information content (AvgIpc) is 2.23. The second kappa shape index (κ2) is 6.24. The minimum Gasteiger partial charge on any atom is -0.481 e. The molecule has 92 valence electrons. The third kappa shape index (κ3) is 4.07. The summed E-state index contributed by atoms with van der Waals surface area (Å²) in [7, 11) is 0. The number of primary amides is 1. The quantitative estimate of drug-likeness (QED) is 0.699. The molecule has 1 amide bonds. The lowest BCUT2D eigenvalue weighted by Crippen LogP contribution is -2.16. The number of anilines is 1. The van der Waals surface area contributed by atoms with Crippen LogP contribution in [0.15, 0.2) is 22.7 Å². The van der Waals surface area contributed by atoms with Gasteiger partial charge in [0.25, 0.3) is 5.91 Å². The Morgan fingerprint density at radius 2 is 2.12 bits per heavy atom. The largest absolute Gasteiger partial charge is 0.481 e. The Kier molecular flexibility index (Phi) is 4.96. The smallest absolute Gasteiger partial charge is 0.303 e. The monoisotopic (exact) mass is 300 g/mol. The van der Waals surface area contributed by atoms with Gasteiger partial charge >= 0.3 is 5.97 Å². The lowest BCUT2D eigenvalue weighted by Gasteiger charge is -2.10. The van der Waals surface area contributed by atoms with Gasteiger partial charge in [0.05, 0.1) is 5.56 Å². The van der Waals surface area contributed by atoms with E-state index in [9.17, 15) is 9.59 Å². The number of nitrogens with one attached hydrogen (secondary N) is 1. The summed E-state index contributed by atoms with van der Waals surface area (Å²) in [5, 5.41) is 11.5. The van der Waals surface area contributed by atoms with E-state index < -0.39 is 11.9 Å². The van der Waals surface area contributed by atoms with Gasteiger partial charge in [-0.3, -0.25) is 9.59 Å². The Bertz CT molecular complexity index is 435. The molecule has 4 N–H and O–H groups in total. The summed E-state index contributed by atoms with van der Waals surface area (Å²) in [6, 6.07) is 5.23. The molecule has 0 aliphatic heterocycles. The van der Waals surface area contributed by atoms with Gasteiger partial charge in [0.2, 0.25) is 0 Å². The van der Waals surface area contributed by atoms with E-state index >= 15 is 0 Å². The second-order valence-corrected chi connectivity index (χ2v) is 4.31. The number of halogens is 1. The number of carbonyl (C=O) groups is 2. The Morgan fingerprint density at radius 3 is 2.71 bits per heavy atom. The molecule has 0 atom stereocenters. The average molecular weight is 301 g/mol. The second-order valence-electron chi connectivity index (χ2n) is 3.45. The van der Waals surface area contributed by atoms with Crippen LogP contribution in [0.1, 0.15) is 23.2 Å². The highest BCUT2D eigenvalue weighted by Gasteiger charge is 2.11. The molecule has 1 aromatic carbocycles. The maximum atomic E-state index is 11.2. The number of hydrogen-bond acceptors (Lipinski definition) is 3. The zero-order valence-corrected chi connectivity index (χ0v) is 10.7. The topological polar surface area (TPSA) is 92.4 Å². The van der Waals surface area contributed by atoms with Crippen molar-refractivity contribution in [3.63, 3.8) is 0 Å². The standard InChI is InChI=1S/C11H13BrN2O3/c12-7-3-1-4-8(10(7)11(13)17)14-6-2-5-9(15)16/h1,3-4,14H,2,5-6H2,(H2,13,17)(H,15,16). The van der Waals surface area contributed by atoms with Crippen LogP contribution in [0.25, 0.3) is 0 Å². The first-order chi connectivity index (χ1) is 8.02. The molecule has 6 heteroatoms. The molecule has 5 nitrogen and oxygen atoms in total. The maximum Gasteiger partial charge on any atom is 0.303 e. The van der Waals surface area contributed by atoms with Crippen molar-refractivity contribution in [1.29, 1.82) is 0 Å². The highest BCUT2D eigenvalue weighted by atomic mass is 79.9. The molecule has 17 heavy (non-hydrogen) atoms.